The number of hydrogen-bond donors (Lipinski definition) is 2. The molecule has 1 heterocycles. The average molecular weight is 525 g/mol. The summed E-state index contributed by atoms with van der Waals surface area (Å²) >= 11 is 0. The number of nitrogens with one attached hydrogen (secondary N) is 2. The minimum absolute atomic E-state index is 0.0807. The summed E-state index contributed by atoms with van der Waals surface area (Å²) < 4.78 is 32.9. The third kappa shape index (κ3) is 7.48. The van der Waals surface area contributed by atoms with Crippen molar-refractivity contribution in [2.24, 2.45) is 10.9 Å². The highest BCUT2D eigenvalue weighted by atomic mass is 32.2. The number of benzene rings is 2. The summed E-state index contributed by atoms with van der Waals surface area (Å²) in [4.78, 5) is 33.9. The molecule has 37 heavy (non-hydrogen) atoms. The quantitative estimate of drug-likeness (QED) is 0.158. The van der Waals surface area contributed by atoms with E-state index in [1.807, 2.05) is 12.1 Å². The number of amides is 1. The second kappa shape index (κ2) is 12.6. The van der Waals surface area contributed by atoms with Gasteiger partial charge in [-0.3, -0.25) is 19.3 Å². The van der Waals surface area contributed by atoms with Crippen molar-refractivity contribution in [3.8, 4) is 0 Å². The first kappa shape index (κ1) is 26.5. The lowest BCUT2D eigenvalue weighted by molar-refractivity contribution is -0.121. The number of aromatic nitrogens is 1. The largest absolute Gasteiger partial charge is 0.434 e. The SMILES string of the molecule is O=C(CC(N=CNS(=O)(=O)c1ccccc1)C1CCCCC1)NCCCC(=O)c1nc2ccccc2o1. The van der Waals surface area contributed by atoms with E-state index in [4.69, 9.17) is 4.42 Å². The van der Waals surface area contributed by atoms with Crippen molar-refractivity contribution in [3.63, 3.8) is 0 Å². The molecule has 1 atom stereocenters. The van der Waals surface area contributed by atoms with Crippen molar-refractivity contribution in [1.82, 2.24) is 15.0 Å². The Morgan fingerprint density at radius 1 is 1.05 bits per heavy atom. The van der Waals surface area contributed by atoms with Gasteiger partial charge < -0.3 is 9.73 Å². The van der Waals surface area contributed by atoms with E-state index in [-0.39, 0.29) is 47.3 Å². The van der Waals surface area contributed by atoms with Gasteiger partial charge in [-0.2, -0.15) is 0 Å². The first-order chi connectivity index (χ1) is 17.9. The smallest absolute Gasteiger partial charge is 0.264 e. The fourth-order valence-corrected chi connectivity index (χ4v) is 5.41. The van der Waals surface area contributed by atoms with Crippen molar-refractivity contribution in [1.29, 1.82) is 0 Å². The minimum atomic E-state index is -3.72. The van der Waals surface area contributed by atoms with Crippen LogP contribution in [0.15, 0.2) is 68.9 Å². The zero-order valence-electron chi connectivity index (χ0n) is 20.6. The number of sulfonamides is 1. The van der Waals surface area contributed by atoms with Crippen LogP contribution in [0.2, 0.25) is 0 Å². The van der Waals surface area contributed by atoms with Crippen LogP contribution in [0.3, 0.4) is 0 Å². The molecule has 2 N–H and O–H groups in total. The molecular formula is C27H32N4O5S. The predicted octanol–water partition coefficient (Wildman–Crippen LogP) is 4.25. The summed E-state index contributed by atoms with van der Waals surface area (Å²) in [6.45, 7) is 0.340. The number of para-hydroxylation sites is 2. The lowest BCUT2D eigenvalue weighted by Gasteiger charge is -2.27. The average Bonchev–Trinajstić information content (AvgIpc) is 3.36. The van der Waals surface area contributed by atoms with E-state index < -0.39 is 10.0 Å². The summed E-state index contributed by atoms with van der Waals surface area (Å²) in [5, 5.41) is 2.86. The maximum Gasteiger partial charge on any atom is 0.264 e. The van der Waals surface area contributed by atoms with Crippen LogP contribution < -0.4 is 10.0 Å². The van der Waals surface area contributed by atoms with Gasteiger partial charge in [0.05, 0.1) is 17.3 Å². The zero-order chi connectivity index (χ0) is 26.1. The first-order valence-corrected chi connectivity index (χ1v) is 14.2. The van der Waals surface area contributed by atoms with E-state index in [0.29, 0.717) is 24.1 Å². The molecule has 1 fully saturated rings. The van der Waals surface area contributed by atoms with Gasteiger partial charge in [-0.15, -0.1) is 0 Å². The number of oxazole rings is 1. The molecule has 0 saturated heterocycles. The highest BCUT2D eigenvalue weighted by molar-refractivity contribution is 7.90. The van der Waals surface area contributed by atoms with Gasteiger partial charge in [0.15, 0.2) is 5.58 Å². The molecule has 3 aromatic rings. The zero-order valence-corrected chi connectivity index (χ0v) is 21.5. The molecule has 0 bridgehead atoms. The number of ketones is 1. The van der Waals surface area contributed by atoms with Gasteiger partial charge in [-0.1, -0.05) is 49.6 Å². The van der Waals surface area contributed by atoms with Crippen molar-refractivity contribution < 1.29 is 22.4 Å². The van der Waals surface area contributed by atoms with Crippen molar-refractivity contribution in [3.05, 3.63) is 60.5 Å². The van der Waals surface area contributed by atoms with Gasteiger partial charge in [0, 0.05) is 19.4 Å². The molecule has 10 heteroatoms. The molecule has 1 aliphatic rings. The molecule has 1 aromatic heterocycles. The maximum absolute atomic E-state index is 12.7. The molecule has 0 spiro atoms. The Hall–Kier alpha value is -3.53. The van der Waals surface area contributed by atoms with Gasteiger partial charge in [-0.05, 0) is 49.4 Å². The lowest BCUT2D eigenvalue weighted by atomic mass is 9.83. The third-order valence-corrected chi connectivity index (χ3v) is 7.86. The molecule has 1 unspecified atom stereocenters. The Labute approximate surface area is 216 Å². The van der Waals surface area contributed by atoms with E-state index >= 15 is 0 Å². The number of hydrogen-bond acceptors (Lipinski definition) is 7. The molecular weight excluding hydrogens is 492 g/mol. The number of carbonyl (C=O) groups excluding carboxylic acids is 2. The second-order valence-electron chi connectivity index (χ2n) is 9.25. The van der Waals surface area contributed by atoms with Crippen LogP contribution in [-0.2, 0) is 14.8 Å². The lowest BCUT2D eigenvalue weighted by Crippen LogP contribution is -2.33. The topological polar surface area (TPSA) is 131 Å². The van der Waals surface area contributed by atoms with Gasteiger partial charge in [-0.25, -0.2) is 13.4 Å². The van der Waals surface area contributed by atoms with E-state index in [1.165, 1.54) is 18.5 Å². The molecule has 1 amide bonds. The highest BCUT2D eigenvalue weighted by Gasteiger charge is 2.25. The summed E-state index contributed by atoms with van der Waals surface area (Å²) in [5.41, 5.74) is 1.21. The standard InChI is InChI=1S/C27H32N4O5S/c32-24(27-31-22-14-7-8-16-25(22)36-27)15-9-17-28-26(33)18-23(20-10-3-1-4-11-20)29-19-30-37(34,35)21-12-5-2-6-13-21/h2,5-8,12-14,16,19-20,23H,1,3-4,9-11,15,17-18H2,(H,28,33)(H,29,30). The first-order valence-electron chi connectivity index (χ1n) is 12.7. The normalized spacial score (nSPS) is 15.6. The molecule has 9 nitrogen and oxygen atoms in total. The molecule has 1 saturated carbocycles. The number of carbonyl (C=O) groups is 2. The monoisotopic (exact) mass is 524 g/mol. The van der Waals surface area contributed by atoms with Crippen LogP contribution in [0.1, 0.15) is 62.1 Å². The number of aliphatic imine (C=N–C) groups is 1. The summed E-state index contributed by atoms with van der Waals surface area (Å²) in [6.07, 6.45) is 7.25. The van der Waals surface area contributed by atoms with Crippen molar-refractivity contribution in [2.75, 3.05) is 6.54 Å². The predicted molar refractivity (Wildman–Crippen MR) is 141 cm³/mol. The Morgan fingerprint density at radius 3 is 2.54 bits per heavy atom. The van der Waals surface area contributed by atoms with Crippen molar-refractivity contribution >= 4 is 39.2 Å². The van der Waals surface area contributed by atoms with Crippen LogP contribution >= 0.6 is 0 Å². The molecule has 1 aliphatic carbocycles. The van der Waals surface area contributed by atoms with E-state index in [0.717, 1.165) is 32.1 Å². The fraction of sp³-hybridized carbons (Fsp3) is 0.407. The van der Waals surface area contributed by atoms with E-state index in [9.17, 15) is 18.0 Å². The number of nitrogens with zero attached hydrogens (tertiary/aromatic N) is 2. The molecule has 0 radical (unpaired) electrons. The van der Waals surface area contributed by atoms with Crippen LogP contribution in [0.25, 0.3) is 11.1 Å². The van der Waals surface area contributed by atoms with Gasteiger partial charge in [0.25, 0.3) is 15.9 Å². The Balaban J connectivity index is 1.27. The van der Waals surface area contributed by atoms with Gasteiger partial charge >= 0.3 is 0 Å². The second-order valence-corrected chi connectivity index (χ2v) is 11.0. The molecule has 0 aliphatic heterocycles. The number of fused-ring (bicyclic) bond motifs is 1. The van der Waals surface area contributed by atoms with Crippen LogP contribution in [0.4, 0.5) is 0 Å². The summed E-state index contributed by atoms with van der Waals surface area (Å²) in [6, 6.07) is 15.0. The fourth-order valence-electron chi connectivity index (χ4n) is 4.56. The van der Waals surface area contributed by atoms with Crippen LogP contribution in [0.5, 0.6) is 0 Å². The van der Waals surface area contributed by atoms with Gasteiger partial charge in [0.2, 0.25) is 11.7 Å². The molecule has 196 valence electrons. The van der Waals surface area contributed by atoms with Crippen LogP contribution in [-0.4, -0.2) is 44.0 Å². The van der Waals surface area contributed by atoms with Crippen molar-refractivity contribution in [2.45, 2.75) is 62.3 Å². The summed E-state index contributed by atoms with van der Waals surface area (Å²) in [5.74, 6) is -0.0799. The third-order valence-electron chi connectivity index (χ3n) is 6.55. The minimum Gasteiger partial charge on any atom is -0.434 e. The maximum atomic E-state index is 12.7. The van der Waals surface area contributed by atoms with E-state index in [2.05, 4.69) is 20.0 Å². The van der Waals surface area contributed by atoms with Gasteiger partial charge in [0.1, 0.15) is 5.52 Å². The molecule has 2 aromatic carbocycles. The van der Waals surface area contributed by atoms with E-state index in [1.54, 1.807) is 30.3 Å². The Bertz CT molecular complexity index is 1300. The summed E-state index contributed by atoms with van der Waals surface area (Å²) in [7, 11) is -3.72. The Morgan fingerprint density at radius 2 is 1.78 bits per heavy atom. The molecule has 4 rings (SSSR count). The highest BCUT2D eigenvalue weighted by Crippen LogP contribution is 2.29. The van der Waals surface area contributed by atoms with Crippen LogP contribution in [0, 0.1) is 5.92 Å². The number of Topliss-reactive ketones (excluding diaryl/α,β-unsaturated/α-hetero) is 1. The Kier molecular flexibility index (Phi) is 9.05. The number of rotatable bonds is 12.